The SMILES string of the molecule is COc1ccc(C(=O)Nc2cccc(CN3C(=O)[C@]4(O[C@H](CCO)[C@@H]([Si](C)(C)O)[C@@H]4C)c4cc(NC(=O)c5ccc(OC)cc5)ccc43)c2)cc1. The first kappa shape index (κ1) is 35.8. The minimum atomic E-state index is -2.91. The Bertz CT molecular complexity index is 1930. The van der Waals surface area contributed by atoms with Crippen molar-refractivity contribution in [2.75, 3.05) is 36.4 Å². The molecule has 4 aromatic carbocycles. The summed E-state index contributed by atoms with van der Waals surface area (Å²) in [7, 11) is 0.208. The van der Waals surface area contributed by atoms with Gasteiger partial charge in [-0.25, -0.2) is 0 Å². The second-order valence-electron chi connectivity index (χ2n) is 13.6. The normalized spacial score (nSPS) is 21.0. The van der Waals surface area contributed by atoms with E-state index in [1.807, 2.05) is 38.2 Å². The van der Waals surface area contributed by atoms with Crippen LogP contribution in [-0.4, -0.2) is 62.9 Å². The number of ether oxygens (including phenoxy) is 3. The molecule has 4 N–H and O–H groups in total. The summed E-state index contributed by atoms with van der Waals surface area (Å²) in [5, 5.41) is 15.9. The molecule has 4 aromatic rings. The van der Waals surface area contributed by atoms with Gasteiger partial charge >= 0.3 is 0 Å². The van der Waals surface area contributed by atoms with Gasteiger partial charge in [-0.15, -0.1) is 0 Å². The molecule has 4 atom stereocenters. The van der Waals surface area contributed by atoms with Crippen LogP contribution in [0.1, 0.15) is 45.2 Å². The minimum absolute atomic E-state index is 0.161. The van der Waals surface area contributed by atoms with E-state index in [0.29, 0.717) is 45.3 Å². The standard InChI is InChI=1S/C39H43N3O8Si/c1-24-35(51(4,5)47)34(19-20-43)50-39(24)32-22-29(41-37(45)27-11-16-31(49-3)17-12-27)13-18-33(32)42(38(39)46)23-25-7-6-8-28(21-25)40-36(44)26-9-14-30(48-2)15-10-26/h6-18,21-22,24,34-35,43,47H,19-20,23H2,1-5H3,(H,40,44)(H,41,45)/t24-,34+,35-,39+/m0/s1. The van der Waals surface area contributed by atoms with E-state index in [9.17, 15) is 24.3 Å². The molecule has 266 valence electrons. The highest BCUT2D eigenvalue weighted by Gasteiger charge is 2.66. The van der Waals surface area contributed by atoms with Gasteiger partial charge in [-0.3, -0.25) is 14.4 Å². The van der Waals surface area contributed by atoms with Crippen LogP contribution in [0, 0.1) is 5.92 Å². The predicted molar refractivity (Wildman–Crippen MR) is 197 cm³/mol. The summed E-state index contributed by atoms with van der Waals surface area (Å²) in [6, 6.07) is 26.2. The Morgan fingerprint density at radius 3 is 1.96 bits per heavy atom. The van der Waals surface area contributed by atoms with Crippen LogP contribution in [0.3, 0.4) is 0 Å². The van der Waals surface area contributed by atoms with Gasteiger partial charge in [0.15, 0.2) is 13.9 Å². The van der Waals surface area contributed by atoms with Gasteiger partial charge in [0.2, 0.25) is 0 Å². The molecule has 2 aliphatic rings. The van der Waals surface area contributed by atoms with Crippen LogP contribution >= 0.6 is 0 Å². The Morgan fingerprint density at radius 1 is 0.863 bits per heavy atom. The molecular formula is C39H43N3O8Si. The van der Waals surface area contributed by atoms with Crippen molar-refractivity contribution in [1.29, 1.82) is 0 Å². The Kier molecular flexibility index (Phi) is 10.0. The average Bonchev–Trinajstić information content (AvgIpc) is 3.54. The molecule has 2 heterocycles. The van der Waals surface area contributed by atoms with E-state index in [-0.39, 0.29) is 42.8 Å². The highest BCUT2D eigenvalue weighted by atomic mass is 28.4. The third kappa shape index (κ3) is 6.87. The number of benzene rings is 4. The maximum absolute atomic E-state index is 14.8. The van der Waals surface area contributed by atoms with Crippen LogP contribution in [-0.2, 0) is 21.7 Å². The topological polar surface area (TPSA) is 147 Å². The Labute approximate surface area is 298 Å². The van der Waals surface area contributed by atoms with E-state index in [1.165, 1.54) is 0 Å². The fraction of sp³-hybridized carbons (Fsp3) is 0.308. The van der Waals surface area contributed by atoms with Crippen molar-refractivity contribution >= 4 is 43.1 Å². The molecule has 1 saturated heterocycles. The zero-order valence-corrected chi connectivity index (χ0v) is 30.3. The molecule has 3 amide bonds. The summed E-state index contributed by atoms with van der Waals surface area (Å²) >= 11 is 0. The lowest BCUT2D eigenvalue weighted by atomic mass is 9.82. The Morgan fingerprint density at radius 2 is 1.43 bits per heavy atom. The Balaban J connectivity index is 1.34. The summed E-state index contributed by atoms with van der Waals surface area (Å²) in [4.78, 5) is 54.2. The van der Waals surface area contributed by atoms with E-state index >= 15 is 0 Å². The number of aliphatic hydroxyl groups excluding tert-OH is 1. The zero-order chi connectivity index (χ0) is 36.5. The quantitative estimate of drug-likeness (QED) is 0.140. The summed E-state index contributed by atoms with van der Waals surface area (Å²) in [6.07, 6.45) is -0.289. The Hall–Kier alpha value is -5.01. The van der Waals surface area contributed by atoms with Crippen molar-refractivity contribution < 1.29 is 38.5 Å². The van der Waals surface area contributed by atoms with Gasteiger partial charge in [-0.05, 0) is 104 Å². The average molecular weight is 710 g/mol. The van der Waals surface area contributed by atoms with Crippen molar-refractivity contribution in [3.63, 3.8) is 0 Å². The maximum atomic E-state index is 14.8. The lowest BCUT2D eigenvalue weighted by Crippen LogP contribution is -2.46. The summed E-state index contributed by atoms with van der Waals surface area (Å²) in [5.41, 5.74) is 2.09. The fourth-order valence-corrected chi connectivity index (χ4v) is 10.1. The smallest absolute Gasteiger partial charge is 0.264 e. The first-order valence-corrected chi connectivity index (χ1v) is 19.9. The van der Waals surface area contributed by atoms with Gasteiger partial charge in [0.1, 0.15) is 11.5 Å². The second-order valence-corrected chi connectivity index (χ2v) is 17.5. The summed E-state index contributed by atoms with van der Waals surface area (Å²) < 4.78 is 17.2. The second kappa shape index (κ2) is 14.3. The van der Waals surface area contributed by atoms with E-state index in [4.69, 9.17) is 14.2 Å². The van der Waals surface area contributed by atoms with Gasteiger partial charge in [0.05, 0.1) is 32.6 Å². The largest absolute Gasteiger partial charge is 0.497 e. The van der Waals surface area contributed by atoms with Gasteiger partial charge < -0.3 is 39.6 Å². The molecule has 0 aromatic heterocycles. The number of rotatable bonds is 11. The molecule has 2 aliphatic heterocycles. The molecule has 0 aliphatic carbocycles. The number of carbonyl (C=O) groups is 3. The number of amides is 3. The summed E-state index contributed by atoms with van der Waals surface area (Å²) in [6.45, 7) is 5.59. The van der Waals surface area contributed by atoms with Crippen LogP contribution in [0.15, 0.2) is 91.0 Å². The minimum Gasteiger partial charge on any atom is -0.497 e. The van der Waals surface area contributed by atoms with E-state index in [1.54, 1.807) is 91.9 Å². The molecule has 1 spiro atoms. The van der Waals surface area contributed by atoms with Gasteiger partial charge in [0.25, 0.3) is 17.7 Å². The zero-order valence-electron chi connectivity index (χ0n) is 29.3. The maximum Gasteiger partial charge on any atom is 0.264 e. The molecule has 11 nitrogen and oxygen atoms in total. The van der Waals surface area contributed by atoms with Crippen LogP contribution in [0.5, 0.6) is 11.5 Å². The number of carbonyl (C=O) groups excluding carboxylic acids is 3. The molecular weight excluding hydrogens is 667 g/mol. The number of anilines is 3. The van der Waals surface area contributed by atoms with E-state index in [2.05, 4.69) is 10.6 Å². The number of aliphatic hydroxyl groups is 1. The number of nitrogens with zero attached hydrogens (tertiary/aromatic N) is 1. The van der Waals surface area contributed by atoms with Gasteiger partial charge in [0, 0.05) is 46.1 Å². The van der Waals surface area contributed by atoms with E-state index in [0.717, 1.165) is 5.56 Å². The number of nitrogens with one attached hydrogen (secondary N) is 2. The van der Waals surface area contributed by atoms with Crippen molar-refractivity contribution in [2.45, 2.75) is 50.2 Å². The van der Waals surface area contributed by atoms with Crippen LogP contribution in [0.25, 0.3) is 0 Å². The number of fused-ring (bicyclic) bond motifs is 2. The molecule has 51 heavy (non-hydrogen) atoms. The number of methoxy groups -OCH3 is 2. The highest BCUT2D eigenvalue weighted by Crippen LogP contribution is 2.60. The fourth-order valence-electron chi connectivity index (χ4n) is 7.53. The van der Waals surface area contributed by atoms with Crippen LogP contribution < -0.4 is 25.0 Å². The number of hydrogen-bond donors (Lipinski definition) is 4. The van der Waals surface area contributed by atoms with Crippen molar-refractivity contribution in [2.24, 2.45) is 5.92 Å². The van der Waals surface area contributed by atoms with Crippen molar-refractivity contribution in [3.8, 4) is 11.5 Å². The van der Waals surface area contributed by atoms with Crippen LogP contribution in [0.2, 0.25) is 18.6 Å². The first-order chi connectivity index (χ1) is 24.4. The predicted octanol–water partition coefficient (Wildman–Crippen LogP) is 5.94. The van der Waals surface area contributed by atoms with Gasteiger partial charge in [-0.2, -0.15) is 0 Å². The van der Waals surface area contributed by atoms with Gasteiger partial charge in [-0.1, -0.05) is 19.1 Å². The van der Waals surface area contributed by atoms with Crippen molar-refractivity contribution in [1.82, 2.24) is 0 Å². The van der Waals surface area contributed by atoms with Crippen molar-refractivity contribution in [3.05, 3.63) is 113 Å². The first-order valence-electron chi connectivity index (χ1n) is 16.9. The highest BCUT2D eigenvalue weighted by molar-refractivity contribution is 6.71. The lowest BCUT2D eigenvalue weighted by molar-refractivity contribution is -0.146. The molecule has 12 heteroatoms. The summed E-state index contributed by atoms with van der Waals surface area (Å²) in [5.74, 6) is -0.0793. The molecule has 6 rings (SSSR count). The molecule has 0 unspecified atom stereocenters. The molecule has 0 saturated carbocycles. The third-order valence-corrected chi connectivity index (χ3v) is 12.4. The van der Waals surface area contributed by atoms with E-state index < -0.39 is 25.9 Å². The lowest BCUT2D eigenvalue weighted by Gasteiger charge is -2.32. The van der Waals surface area contributed by atoms with Crippen LogP contribution in [0.4, 0.5) is 17.1 Å². The molecule has 0 bridgehead atoms. The number of hydrogen-bond acceptors (Lipinski definition) is 8. The molecule has 0 radical (unpaired) electrons. The molecule has 1 fully saturated rings. The third-order valence-electron chi connectivity index (χ3n) is 9.89. The monoisotopic (exact) mass is 709 g/mol.